The highest BCUT2D eigenvalue weighted by Gasteiger charge is 2.22. The number of pyridine rings is 2. The summed E-state index contributed by atoms with van der Waals surface area (Å²) in [5, 5.41) is 0. The normalized spacial score (nSPS) is 13.7. The van der Waals surface area contributed by atoms with Crippen molar-refractivity contribution in [3.63, 3.8) is 0 Å². The highest BCUT2D eigenvalue weighted by atomic mass is 19.1. The highest BCUT2D eigenvalue weighted by molar-refractivity contribution is 5.50. The average molecular weight is 653 g/mol. The summed E-state index contributed by atoms with van der Waals surface area (Å²) in [6.45, 7) is 2.09. The van der Waals surface area contributed by atoms with Crippen LogP contribution in [0.1, 0.15) is 22.5 Å². The Balaban J connectivity index is 0.000000152. The summed E-state index contributed by atoms with van der Waals surface area (Å²) < 4.78 is 53.3. The number of hydrogen-bond acceptors (Lipinski definition) is 12. The Labute approximate surface area is 270 Å². The van der Waals surface area contributed by atoms with E-state index in [0.29, 0.717) is 68.0 Å². The van der Waals surface area contributed by atoms with Crippen LogP contribution in [0.15, 0.2) is 73.6 Å². The van der Waals surface area contributed by atoms with Crippen LogP contribution < -0.4 is 9.80 Å². The zero-order valence-corrected chi connectivity index (χ0v) is 25.0. The van der Waals surface area contributed by atoms with Crippen molar-refractivity contribution >= 4 is 11.5 Å². The fraction of sp³-hybridized carbons (Fsp3) is 0.188. The summed E-state index contributed by atoms with van der Waals surface area (Å²) in [6, 6.07) is 7.89. The van der Waals surface area contributed by atoms with Gasteiger partial charge in [0.1, 0.15) is 11.6 Å². The third-order valence-electron chi connectivity index (χ3n) is 7.58. The van der Waals surface area contributed by atoms with Crippen molar-refractivity contribution in [3.05, 3.63) is 120 Å². The molecule has 240 valence electrons. The van der Waals surface area contributed by atoms with E-state index in [1.54, 1.807) is 54.2 Å². The molecule has 0 aliphatic carbocycles. The third-order valence-corrected chi connectivity index (χ3v) is 7.58. The lowest BCUT2D eigenvalue weighted by Gasteiger charge is -2.29. The predicted molar refractivity (Wildman–Crippen MR) is 164 cm³/mol. The molecule has 0 saturated heterocycles. The first-order valence-electron chi connectivity index (χ1n) is 14.8. The van der Waals surface area contributed by atoms with Gasteiger partial charge in [-0.1, -0.05) is 0 Å². The lowest BCUT2D eigenvalue weighted by Crippen LogP contribution is -2.32. The van der Waals surface area contributed by atoms with E-state index in [1.165, 1.54) is 18.2 Å². The van der Waals surface area contributed by atoms with Crippen LogP contribution in [-0.4, -0.2) is 62.9 Å². The second-order valence-electron chi connectivity index (χ2n) is 10.8. The first kappa shape index (κ1) is 30.6. The standard InChI is InChI=1S/2C16H12F2N6/c17-13-6-11(7-14(18)23-13)24-5-2-12-10(9-24)8-21-16(22-12)15-19-3-1-4-20-15;17-11-6-13(18)23-14(7-11)24-5-2-12-10(9-24)8-21-16(22-12)15-19-3-1-4-20-15/h2*1,3-4,6-8H,2,5,9H2. The van der Waals surface area contributed by atoms with Crippen LogP contribution >= 0.6 is 0 Å². The van der Waals surface area contributed by atoms with Gasteiger partial charge in [-0.2, -0.15) is 18.2 Å². The van der Waals surface area contributed by atoms with Gasteiger partial charge in [0.05, 0.1) is 11.4 Å². The molecule has 0 saturated carbocycles. The Hall–Kier alpha value is -6.06. The Morgan fingerprint density at radius 2 is 1.00 bits per heavy atom. The van der Waals surface area contributed by atoms with Crippen LogP contribution in [0.3, 0.4) is 0 Å². The van der Waals surface area contributed by atoms with E-state index in [1.807, 2.05) is 4.90 Å². The third kappa shape index (κ3) is 6.86. The summed E-state index contributed by atoms with van der Waals surface area (Å²) in [5.41, 5.74) is 4.06. The molecule has 6 aromatic heterocycles. The predicted octanol–water partition coefficient (Wildman–Crippen LogP) is 4.34. The summed E-state index contributed by atoms with van der Waals surface area (Å²) in [6.07, 6.45) is 11.2. The molecule has 2 aliphatic rings. The molecule has 16 heteroatoms. The van der Waals surface area contributed by atoms with E-state index in [-0.39, 0.29) is 5.82 Å². The molecule has 8 rings (SSSR count). The topological polar surface area (TPSA) is 135 Å². The van der Waals surface area contributed by atoms with Crippen LogP contribution in [0.5, 0.6) is 0 Å². The van der Waals surface area contributed by atoms with Crippen LogP contribution in [-0.2, 0) is 25.9 Å². The molecule has 0 aromatic carbocycles. The summed E-state index contributed by atoms with van der Waals surface area (Å²) >= 11 is 0. The molecule has 6 aromatic rings. The molecule has 48 heavy (non-hydrogen) atoms. The van der Waals surface area contributed by atoms with Crippen LogP contribution in [0, 0.1) is 23.7 Å². The van der Waals surface area contributed by atoms with Gasteiger partial charge in [-0.15, -0.1) is 0 Å². The van der Waals surface area contributed by atoms with E-state index >= 15 is 0 Å². The maximum absolute atomic E-state index is 13.4. The number of anilines is 2. The molecular formula is C32H24F4N12. The first-order chi connectivity index (χ1) is 23.4. The smallest absolute Gasteiger partial charge is 0.217 e. The Morgan fingerprint density at radius 3 is 1.54 bits per heavy atom. The number of fused-ring (bicyclic) bond motifs is 2. The molecule has 8 heterocycles. The molecule has 0 unspecified atom stereocenters. The van der Waals surface area contributed by atoms with Crippen LogP contribution in [0.2, 0.25) is 0 Å². The van der Waals surface area contributed by atoms with E-state index in [9.17, 15) is 17.6 Å². The van der Waals surface area contributed by atoms with Gasteiger partial charge in [0.25, 0.3) is 0 Å². The van der Waals surface area contributed by atoms with Crippen molar-refractivity contribution in [1.82, 2.24) is 49.8 Å². The van der Waals surface area contributed by atoms with Gasteiger partial charge in [0, 0.05) is 117 Å². The van der Waals surface area contributed by atoms with Gasteiger partial charge in [0.2, 0.25) is 17.8 Å². The number of hydrogen-bond donors (Lipinski definition) is 0. The molecule has 12 nitrogen and oxygen atoms in total. The molecule has 0 N–H and O–H groups in total. The number of aromatic nitrogens is 10. The summed E-state index contributed by atoms with van der Waals surface area (Å²) in [7, 11) is 0. The van der Waals surface area contributed by atoms with E-state index in [4.69, 9.17) is 0 Å². The van der Waals surface area contributed by atoms with E-state index in [2.05, 4.69) is 49.8 Å². The van der Waals surface area contributed by atoms with Crippen molar-refractivity contribution < 1.29 is 17.6 Å². The van der Waals surface area contributed by atoms with Crippen molar-refractivity contribution in [2.24, 2.45) is 0 Å². The minimum atomic E-state index is -0.830. The number of halogens is 4. The molecule has 0 bridgehead atoms. The fourth-order valence-electron chi connectivity index (χ4n) is 5.34. The van der Waals surface area contributed by atoms with E-state index < -0.39 is 23.7 Å². The maximum atomic E-state index is 13.4. The van der Waals surface area contributed by atoms with Gasteiger partial charge in [-0.3, -0.25) is 0 Å². The largest absolute Gasteiger partial charge is 0.366 e. The number of nitrogens with zero attached hydrogens (tertiary/aromatic N) is 12. The molecule has 0 amide bonds. The van der Waals surface area contributed by atoms with Crippen LogP contribution in [0.25, 0.3) is 23.3 Å². The van der Waals surface area contributed by atoms with Crippen molar-refractivity contribution in [3.8, 4) is 23.3 Å². The van der Waals surface area contributed by atoms with Gasteiger partial charge < -0.3 is 9.80 Å². The van der Waals surface area contributed by atoms with Gasteiger partial charge in [-0.25, -0.2) is 49.2 Å². The highest BCUT2D eigenvalue weighted by Crippen LogP contribution is 2.26. The average Bonchev–Trinajstić information content (AvgIpc) is 3.11. The second-order valence-corrected chi connectivity index (χ2v) is 10.8. The monoisotopic (exact) mass is 652 g/mol. The molecule has 0 fully saturated rings. The molecular weight excluding hydrogens is 628 g/mol. The van der Waals surface area contributed by atoms with Crippen molar-refractivity contribution in [2.75, 3.05) is 22.9 Å². The van der Waals surface area contributed by atoms with Gasteiger partial charge >= 0.3 is 0 Å². The Kier molecular flexibility index (Phi) is 8.51. The lowest BCUT2D eigenvalue weighted by atomic mass is 10.1. The molecule has 0 spiro atoms. The zero-order valence-electron chi connectivity index (χ0n) is 25.0. The summed E-state index contributed by atoms with van der Waals surface area (Å²) in [4.78, 5) is 44.8. The minimum absolute atomic E-state index is 0.272. The first-order valence-corrected chi connectivity index (χ1v) is 14.8. The van der Waals surface area contributed by atoms with Crippen LogP contribution in [0.4, 0.5) is 29.1 Å². The van der Waals surface area contributed by atoms with Gasteiger partial charge in [0.15, 0.2) is 23.3 Å². The SMILES string of the molecule is Fc1cc(F)nc(N2CCc3nc(-c4ncccn4)ncc3C2)c1.Fc1cc(N2CCc3nc(-c4ncccn4)ncc3C2)cc(F)n1. The zero-order chi connectivity index (χ0) is 33.0. The quantitative estimate of drug-likeness (QED) is 0.198. The maximum Gasteiger partial charge on any atom is 0.217 e. The minimum Gasteiger partial charge on any atom is -0.366 e. The Bertz CT molecular complexity index is 1880. The van der Waals surface area contributed by atoms with Crippen molar-refractivity contribution in [1.29, 1.82) is 0 Å². The van der Waals surface area contributed by atoms with Gasteiger partial charge in [-0.05, 0) is 12.1 Å². The Morgan fingerprint density at radius 1 is 0.500 bits per heavy atom. The molecule has 0 radical (unpaired) electrons. The second kappa shape index (κ2) is 13.4. The van der Waals surface area contributed by atoms with E-state index in [0.717, 1.165) is 28.6 Å². The number of rotatable bonds is 4. The van der Waals surface area contributed by atoms with Crippen molar-refractivity contribution in [2.45, 2.75) is 25.9 Å². The lowest BCUT2D eigenvalue weighted by molar-refractivity contribution is 0.511. The molecule has 2 aliphatic heterocycles. The molecule has 0 atom stereocenters. The fourth-order valence-corrected chi connectivity index (χ4v) is 5.34. The summed E-state index contributed by atoms with van der Waals surface area (Å²) in [5.74, 6) is -0.972.